The molecule has 2 aromatic heterocycles. The predicted octanol–water partition coefficient (Wildman–Crippen LogP) is 4.03. The Bertz CT molecular complexity index is 944. The molecule has 3 aromatic rings. The summed E-state index contributed by atoms with van der Waals surface area (Å²) in [5, 5.41) is 3.83. The van der Waals surface area contributed by atoms with Crippen LogP contribution in [0.4, 0.5) is 5.00 Å². The second kappa shape index (κ2) is 8.79. The minimum Gasteiger partial charge on any atom is -0.465 e. The molecule has 0 atom stereocenters. The fraction of sp³-hybridized carbons (Fsp3) is 0.158. The number of esters is 1. The van der Waals surface area contributed by atoms with Gasteiger partial charge in [-0.25, -0.2) is 14.8 Å². The lowest BCUT2D eigenvalue weighted by Gasteiger charge is -2.08. The Balaban J connectivity index is 1.84. The molecule has 0 aliphatic carbocycles. The summed E-state index contributed by atoms with van der Waals surface area (Å²) in [7, 11) is 1.33. The van der Waals surface area contributed by atoms with Gasteiger partial charge in [-0.05, 0) is 18.6 Å². The molecule has 3 rings (SSSR count). The minimum atomic E-state index is -0.479. The molecule has 8 heteroatoms. The maximum absolute atomic E-state index is 12.4. The summed E-state index contributed by atoms with van der Waals surface area (Å²) in [4.78, 5) is 33.9. The van der Waals surface area contributed by atoms with Gasteiger partial charge in [-0.3, -0.25) is 4.79 Å². The Morgan fingerprint density at radius 1 is 1.15 bits per heavy atom. The molecule has 0 aliphatic rings. The van der Waals surface area contributed by atoms with Crippen molar-refractivity contribution >= 4 is 40.0 Å². The van der Waals surface area contributed by atoms with Crippen molar-refractivity contribution < 1.29 is 14.3 Å². The molecule has 2 heterocycles. The standard InChI is InChI=1S/C19H17N3O3S2/c1-12-15(13-7-4-3-5-8-13)16(18(24)25-2)17(27-12)22-14(23)11-26-19-20-9-6-10-21-19/h3-10H,11H2,1-2H3,(H,22,23). The van der Waals surface area contributed by atoms with Gasteiger partial charge in [-0.15, -0.1) is 11.3 Å². The van der Waals surface area contributed by atoms with Crippen molar-refractivity contribution in [2.75, 3.05) is 18.2 Å². The van der Waals surface area contributed by atoms with E-state index in [1.807, 2.05) is 37.3 Å². The quantitative estimate of drug-likeness (QED) is 0.383. The number of carbonyl (C=O) groups is 2. The second-order valence-electron chi connectivity index (χ2n) is 5.46. The first-order chi connectivity index (χ1) is 13.1. The van der Waals surface area contributed by atoms with E-state index in [0.29, 0.717) is 15.7 Å². The zero-order chi connectivity index (χ0) is 19.2. The van der Waals surface area contributed by atoms with Crippen molar-refractivity contribution in [3.63, 3.8) is 0 Å². The van der Waals surface area contributed by atoms with Crippen LogP contribution < -0.4 is 5.32 Å². The monoisotopic (exact) mass is 399 g/mol. The normalized spacial score (nSPS) is 10.4. The van der Waals surface area contributed by atoms with Gasteiger partial charge < -0.3 is 10.1 Å². The molecule has 27 heavy (non-hydrogen) atoms. The van der Waals surface area contributed by atoms with E-state index in [1.54, 1.807) is 18.5 Å². The molecule has 0 saturated heterocycles. The van der Waals surface area contributed by atoms with E-state index in [0.717, 1.165) is 16.0 Å². The van der Waals surface area contributed by atoms with E-state index < -0.39 is 5.97 Å². The summed E-state index contributed by atoms with van der Waals surface area (Å²) in [5.74, 6) is -0.576. The fourth-order valence-electron chi connectivity index (χ4n) is 2.53. The molecular weight excluding hydrogens is 382 g/mol. The number of aryl methyl sites for hydroxylation is 1. The Kier molecular flexibility index (Phi) is 6.20. The number of hydrogen-bond donors (Lipinski definition) is 1. The predicted molar refractivity (Wildman–Crippen MR) is 107 cm³/mol. The number of ether oxygens (including phenoxy) is 1. The number of nitrogens with zero attached hydrogens (tertiary/aromatic N) is 2. The number of benzene rings is 1. The highest BCUT2D eigenvalue weighted by molar-refractivity contribution is 7.99. The first kappa shape index (κ1) is 19.1. The molecule has 0 radical (unpaired) electrons. The number of hydrogen-bond acceptors (Lipinski definition) is 7. The number of carbonyl (C=O) groups excluding carboxylic acids is 2. The number of thioether (sulfide) groups is 1. The zero-order valence-electron chi connectivity index (χ0n) is 14.8. The van der Waals surface area contributed by atoms with Gasteiger partial charge in [-0.1, -0.05) is 42.1 Å². The average molecular weight is 399 g/mol. The number of amides is 1. The van der Waals surface area contributed by atoms with E-state index in [9.17, 15) is 9.59 Å². The van der Waals surface area contributed by atoms with Crippen LogP contribution in [0.1, 0.15) is 15.2 Å². The molecule has 1 N–H and O–H groups in total. The third-order valence-corrected chi connectivity index (χ3v) is 5.56. The van der Waals surface area contributed by atoms with Crippen LogP contribution >= 0.6 is 23.1 Å². The molecule has 0 saturated carbocycles. The number of aromatic nitrogens is 2. The number of thiophene rings is 1. The van der Waals surface area contributed by atoms with Crippen molar-refractivity contribution in [2.24, 2.45) is 0 Å². The first-order valence-corrected chi connectivity index (χ1v) is 9.87. The lowest BCUT2D eigenvalue weighted by molar-refractivity contribution is -0.113. The summed E-state index contributed by atoms with van der Waals surface area (Å²) in [6, 6.07) is 11.3. The molecular formula is C19H17N3O3S2. The first-order valence-electron chi connectivity index (χ1n) is 8.07. The van der Waals surface area contributed by atoms with Gasteiger partial charge in [0, 0.05) is 22.8 Å². The van der Waals surface area contributed by atoms with Crippen molar-refractivity contribution in [1.29, 1.82) is 0 Å². The average Bonchev–Trinajstić information content (AvgIpc) is 3.02. The molecule has 6 nitrogen and oxygen atoms in total. The summed E-state index contributed by atoms with van der Waals surface area (Å²) in [5.41, 5.74) is 2.06. The Labute approximate surface area is 165 Å². The summed E-state index contributed by atoms with van der Waals surface area (Å²) in [6.07, 6.45) is 3.24. The van der Waals surface area contributed by atoms with Gasteiger partial charge in [-0.2, -0.15) is 0 Å². The number of anilines is 1. The van der Waals surface area contributed by atoms with Crippen molar-refractivity contribution in [2.45, 2.75) is 12.1 Å². The van der Waals surface area contributed by atoms with Crippen LogP contribution in [0.2, 0.25) is 0 Å². The highest BCUT2D eigenvalue weighted by atomic mass is 32.2. The maximum Gasteiger partial charge on any atom is 0.341 e. The highest BCUT2D eigenvalue weighted by Gasteiger charge is 2.25. The van der Waals surface area contributed by atoms with Crippen LogP contribution in [0.15, 0.2) is 53.9 Å². The Morgan fingerprint density at radius 2 is 1.85 bits per heavy atom. The third-order valence-electron chi connectivity index (χ3n) is 3.66. The zero-order valence-corrected chi connectivity index (χ0v) is 16.4. The smallest absolute Gasteiger partial charge is 0.341 e. The molecule has 1 amide bonds. The van der Waals surface area contributed by atoms with E-state index in [2.05, 4.69) is 15.3 Å². The topological polar surface area (TPSA) is 81.2 Å². The SMILES string of the molecule is COC(=O)c1c(NC(=O)CSc2ncccn2)sc(C)c1-c1ccccc1. The third kappa shape index (κ3) is 4.53. The van der Waals surface area contributed by atoms with E-state index >= 15 is 0 Å². The molecule has 0 spiro atoms. The molecule has 0 unspecified atom stereocenters. The van der Waals surface area contributed by atoms with Crippen LogP contribution in [-0.2, 0) is 9.53 Å². The molecule has 0 bridgehead atoms. The van der Waals surface area contributed by atoms with Crippen LogP contribution in [0.3, 0.4) is 0 Å². The highest BCUT2D eigenvalue weighted by Crippen LogP contribution is 2.40. The van der Waals surface area contributed by atoms with Gasteiger partial charge in [0.2, 0.25) is 5.91 Å². The van der Waals surface area contributed by atoms with Crippen molar-refractivity contribution in [3.05, 3.63) is 59.2 Å². The van der Waals surface area contributed by atoms with Crippen LogP contribution in [0, 0.1) is 6.92 Å². The fourth-order valence-corrected chi connectivity index (χ4v) is 4.22. The second-order valence-corrected chi connectivity index (χ2v) is 7.63. The molecule has 0 fully saturated rings. The number of methoxy groups -OCH3 is 1. The lowest BCUT2D eigenvalue weighted by Crippen LogP contribution is -2.16. The van der Waals surface area contributed by atoms with Gasteiger partial charge in [0.1, 0.15) is 10.6 Å². The molecule has 0 aliphatic heterocycles. The van der Waals surface area contributed by atoms with Crippen LogP contribution in [-0.4, -0.2) is 34.7 Å². The Morgan fingerprint density at radius 3 is 2.52 bits per heavy atom. The molecule has 1 aromatic carbocycles. The number of rotatable bonds is 6. The van der Waals surface area contributed by atoms with Crippen molar-refractivity contribution in [3.8, 4) is 11.1 Å². The van der Waals surface area contributed by atoms with Crippen LogP contribution in [0.5, 0.6) is 0 Å². The number of nitrogens with one attached hydrogen (secondary N) is 1. The van der Waals surface area contributed by atoms with Crippen LogP contribution in [0.25, 0.3) is 11.1 Å². The summed E-state index contributed by atoms with van der Waals surface area (Å²) in [6.45, 7) is 1.92. The molecule has 138 valence electrons. The van der Waals surface area contributed by atoms with E-state index in [-0.39, 0.29) is 11.7 Å². The maximum atomic E-state index is 12.4. The lowest BCUT2D eigenvalue weighted by atomic mass is 10.0. The van der Waals surface area contributed by atoms with E-state index in [1.165, 1.54) is 30.2 Å². The summed E-state index contributed by atoms with van der Waals surface area (Å²) < 4.78 is 4.95. The van der Waals surface area contributed by atoms with Crippen molar-refractivity contribution in [1.82, 2.24) is 9.97 Å². The summed E-state index contributed by atoms with van der Waals surface area (Å²) >= 11 is 2.59. The van der Waals surface area contributed by atoms with Gasteiger partial charge in [0.15, 0.2) is 5.16 Å². The van der Waals surface area contributed by atoms with Gasteiger partial charge >= 0.3 is 5.97 Å². The van der Waals surface area contributed by atoms with E-state index in [4.69, 9.17) is 4.74 Å². The minimum absolute atomic E-state index is 0.141. The Hall–Kier alpha value is -2.71. The van der Waals surface area contributed by atoms with Gasteiger partial charge in [0.25, 0.3) is 0 Å². The van der Waals surface area contributed by atoms with Gasteiger partial charge in [0.05, 0.1) is 12.9 Å². The largest absolute Gasteiger partial charge is 0.465 e.